The normalized spacial score (nSPS) is 11.1. The van der Waals surface area contributed by atoms with Crippen LogP contribution in [-0.4, -0.2) is 20.9 Å². The molecule has 0 aliphatic heterocycles. The highest BCUT2D eigenvalue weighted by molar-refractivity contribution is 9.10. The van der Waals surface area contributed by atoms with Crippen LogP contribution >= 0.6 is 15.9 Å². The number of fused-ring (bicyclic) bond motifs is 3. The quantitative estimate of drug-likeness (QED) is 0.261. The fourth-order valence-electron chi connectivity index (χ4n) is 3.73. The van der Waals surface area contributed by atoms with Crippen molar-refractivity contribution in [1.82, 2.24) is 15.0 Å². The van der Waals surface area contributed by atoms with Gasteiger partial charge < -0.3 is 9.72 Å². The number of rotatable bonds is 3. The molecule has 0 aliphatic carbocycles. The second-order valence-corrected chi connectivity index (χ2v) is 7.85. The number of aromatic nitrogens is 3. The standard InChI is InChI=1S/C24H16BrN3O2/c1-14(29)30-18-6-7-21-19(12-18)23-22(16-8-10-26-11-9-16)20(13-27-24(23)28-21)15-2-4-17(25)5-3-15/h2-13H,1H3,(H,27,28). The molecule has 5 aromatic rings. The number of benzene rings is 2. The van der Waals surface area contributed by atoms with E-state index >= 15 is 0 Å². The van der Waals surface area contributed by atoms with Crippen LogP contribution in [0.25, 0.3) is 44.2 Å². The molecular formula is C24H16BrN3O2. The first-order valence-electron chi connectivity index (χ1n) is 9.39. The van der Waals surface area contributed by atoms with Gasteiger partial charge in [0.05, 0.1) is 0 Å². The Bertz CT molecular complexity index is 1390. The van der Waals surface area contributed by atoms with E-state index in [0.29, 0.717) is 5.75 Å². The van der Waals surface area contributed by atoms with Crippen LogP contribution in [0.5, 0.6) is 5.75 Å². The number of carbonyl (C=O) groups is 1. The number of nitrogens with one attached hydrogen (secondary N) is 1. The topological polar surface area (TPSA) is 67.9 Å². The van der Waals surface area contributed by atoms with E-state index in [1.165, 1.54) is 6.92 Å². The first kappa shape index (κ1) is 18.5. The second-order valence-electron chi connectivity index (χ2n) is 6.94. The lowest BCUT2D eigenvalue weighted by atomic mass is 9.93. The molecule has 30 heavy (non-hydrogen) atoms. The number of H-pyrrole nitrogens is 1. The van der Waals surface area contributed by atoms with Gasteiger partial charge in [0.25, 0.3) is 0 Å². The number of pyridine rings is 2. The van der Waals surface area contributed by atoms with Crippen LogP contribution in [0.15, 0.2) is 77.7 Å². The third-order valence-electron chi connectivity index (χ3n) is 4.98. The van der Waals surface area contributed by atoms with Crippen LogP contribution in [0, 0.1) is 0 Å². The molecule has 5 rings (SSSR count). The molecule has 0 saturated carbocycles. The summed E-state index contributed by atoms with van der Waals surface area (Å²) in [6.07, 6.45) is 5.46. The molecule has 0 fully saturated rings. The molecule has 0 saturated heterocycles. The van der Waals surface area contributed by atoms with Gasteiger partial charge in [0.2, 0.25) is 0 Å². The van der Waals surface area contributed by atoms with Gasteiger partial charge in [-0.15, -0.1) is 0 Å². The molecule has 6 heteroatoms. The number of aromatic amines is 1. The fourth-order valence-corrected chi connectivity index (χ4v) is 4.00. The average Bonchev–Trinajstić information content (AvgIpc) is 3.12. The average molecular weight is 458 g/mol. The minimum atomic E-state index is -0.350. The van der Waals surface area contributed by atoms with E-state index in [0.717, 1.165) is 48.7 Å². The van der Waals surface area contributed by atoms with E-state index < -0.39 is 0 Å². The molecule has 0 unspecified atom stereocenters. The number of ether oxygens (including phenoxy) is 1. The minimum Gasteiger partial charge on any atom is -0.427 e. The Morgan fingerprint density at radius 2 is 1.77 bits per heavy atom. The molecule has 0 amide bonds. The molecule has 2 aromatic carbocycles. The highest BCUT2D eigenvalue weighted by Gasteiger charge is 2.18. The molecule has 0 atom stereocenters. The first-order valence-corrected chi connectivity index (χ1v) is 10.2. The zero-order chi connectivity index (χ0) is 20.7. The van der Waals surface area contributed by atoms with Crippen molar-refractivity contribution in [1.29, 1.82) is 0 Å². The van der Waals surface area contributed by atoms with E-state index in [4.69, 9.17) is 9.72 Å². The minimum absolute atomic E-state index is 0.350. The van der Waals surface area contributed by atoms with Crippen molar-refractivity contribution in [3.63, 3.8) is 0 Å². The summed E-state index contributed by atoms with van der Waals surface area (Å²) in [5.74, 6) is 0.155. The largest absolute Gasteiger partial charge is 0.427 e. The summed E-state index contributed by atoms with van der Waals surface area (Å²) in [6, 6.07) is 17.7. The molecule has 5 nitrogen and oxygen atoms in total. The van der Waals surface area contributed by atoms with Crippen molar-refractivity contribution in [3.05, 3.63) is 77.7 Å². The van der Waals surface area contributed by atoms with E-state index in [1.807, 2.05) is 42.6 Å². The van der Waals surface area contributed by atoms with Gasteiger partial charge in [-0.25, -0.2) is 4.98 Å². The molecule has 3 heterocycles. The Morgan fingerprint density at radius 3 is 2.50 bits per heavy atom. The number of carbonyl (C=O) groups excluding carboxylic acids is 1. The summed E-state index contributed by atoms with van der Waals surface area (Å²) in [6.45, 7) is 1.40. The van der Waals surface area contributed by atoms with Gasteiger partial charge in [0.1, 0.15) is 11.4 Å². The van der Waals surface area contributed by atoms with E-state index in [-0.39, 0.29) is 5.97 Å². The molecule has 0 radical (unpaired) electrons. The third kappa shape index (κ3) is 3.25. The number of nitrogens with zero attached hydrogens (tertiary/aromatic N) is 2. The molecule has 0 bridgehead atoms. The van der Waals surface area contributed by atoms with Crippen LogP contribution in [0.1, 0.15) is 6.92 Å². The van der Waals surface area contributed by atoms with Gasteiger partial charge >= 0.3 is 5.97 Å². The molecule has 0 spiro atoms. The molecule has 0 aliphatic rings. The van der Waals surface area contributed by atoms with Crippen LogP contribution in [-0.2, 0) is 4.79 Å². The van der Waals surface area contributed by atoms with Crippen LogP contribution in [0.3, 0.4) is 0 Å². The summed E-state index contributed by atoms with van der Waals surface area (Å²) in [5.41, 5.74) is 5.87. The fraction of sp³-hybridized carbons (Fsp3) is 0.0417. The summed E-state index contributed by atoms with van der Waals surface area (Å²) in [7, 11) is 0. The molecule has 3 aromatic heterocycles. The summed E-state index contributed by atoms with van der Waals surface area (Å²) in [5, 5.41) is 1.92. The van der Waals surface area contributed by atoms with Gasteiger partial charge in [0.15, 0.2) is 0 Å². The van der Waals surface area contributed by atoms with Crippen molar-refractivity contribution in [2.24, 2.45) is 0 Å². The lowest BCUT2D eigenvalue weighted by Crippen LogP contribution is -2.00. The Kier molecular flexibility index (Phi) is 4.56. The number of hydrogen-bond acceptors (Lipinski definition) is 4. The second kappa shape index (κ2) is 7.39. The van der Waals surface area contributed by atoms with E-state index in [9.17, 15) is 4.79 Å². The molecular weight excluding hydrogens is 442 g/mol. The molecule has 1 N–H and O–H groups in total. The lowest BCUT2D eigenvalue weighted by Gasteiger charge is -2.12. The van der Waals surface area contributed by atoms with Crippen LogP contribution < -0.4 is 4.74 Å². The van der Waals surface area contributed by atoms with Crippen molar-refractivity contribution in [2.75, 3.05) is 0 Å². The van der Waals surface area contributed by atoms with E-state index in [1.54, 1.807) is 18.5 Å². The van der Waals surface area contributed by atoms with Crippen LogP contribution in [0.2, 0.25) is 0 Å². The Morgan fingerprint density at radius 1 is 1.00 bits per heavy atom. The molecule has 146 valence electrons. The van der Waals surface area contributed by atoms with Crippen LogP contribution in [0.4, 0.5) is 0 Å². The van der Waals surface area contributed by atoms with Crippen molar-refractivity contribution >= 4 is 43.8 Å². The van der Waals surface area contributed by atoms with Crippen molar-refractivity contribution < 1.29 is 9.53 Å². The monoisotopic (exact) mass is 457 g/mol. The van der Waals surface area contributed by atoms with Crippen molar-refractivity contribution in [3.8, 4) is 28.0 Å². The van der Waals surface area contributed by atoms with Gasteiger partial charge in [-0.1, -0.05) is 28.1 Å². The lowest BCUT2D eigenvalue weighted by molar-refractivity contribution is -0.131. The SMILES string of the molecule is CC(=O)Oc1ccc2[nH]c3ncc(-c4ccc(Br)cc4)c(-c4ccncc4)c3c2c1. The Hall–Kier alpha value is -3.51. The highest BCUT2D eigenvalue weighted by atomic mass is 79.9. The first-order chi connectivity index (χ1) is 14.6. The summed E-state index contributed by atoms with van der Waals surface area (Å²) >= 11 is 3.50. The van der Waals surface area contributed by atoms with Gasteiger partial charge in [-0.3, -0.25) is 9.78 Å². The Balaban J connectivity index is 1.87. The zero-order valence-electron chi connectivity index (χ0n) is 16.0. The van der Waals surface area contributed by atoms with Gasteiger partial charge in [-0.05, 0) is 53.6 Å². The maximum atomic E-state index is 11.5. The maximum Gasteiger partial charge on any atom is 0.308 e. The maximum absolute atomic E-state index is 11.5. The number of esters is 1. The summed E-state index contributed by atoms with van der Waals surface area (Å²) in [4.78, 5) is 23.7. The highest BCUT2D eigenvalue weighted by Crippen LogP contribution is 2.41. The van der Waals surface area contributed by atoms with Gasteiger partial charge in [0, 0.05) is 57.4 Å². The summed E-state index contributed by atoms with van der Waals surface area (Å²) < 4.78 is 6.34. The number of hydrogen-bond donors (Lipinski definition) is 1. The van der Waals surface area contributed by atoms with Gasteiger partial charge in [-0.2, -0.15) is 0 Å². The number of halogens is 1. The zero-order valence-corrected chi connectivity index (χ0v) is 17.6. The predicted octanol–water partition coefficient (Wildman–Crippen LogP) is 6.13. The smallest absolute Gasteiger partial charge is 0.308 e. The Labute approximate surface area is 180 Å². The van der Waals surface area contributed by atoms with Crippen molar-refractivity contribution in [2.45, 2.75) is 6.92 Å². The van der Waals surface area contributed by atoms with E-state index in [2.05, 4.69) is 38.0 Å². The third-order valence-corrected chi connectivity index (χ3v) is 5.51. The predicted molar refractivity (Wildman–Crippen MR) is 121 cm³/mol.